The van der Waals surface area contributed by atoms with Gasteiger partial charge in [-0.05, 0) is 42.5 Å². The van der Waals surface area contributed by atoms with Gasteiger partial charge in [-0.25, -0.2) is 0 Å². The molecular formula is C26H26Cl4N2O8P2. The van der Waals surface area contributed by atoms with Crippen LogP contribution in [0.2, 0.25) is 20.4 Å². The van der Waals surface area contributed by atoms with Gasteiger partial charge in [-0.3, -0.25) is 14.2 Å². The number of aromatic hydroxyl groups is 2. The number of halogens is 4. The number of aromatic nitrogens is 2. The second-order valence-corrected chi connectivity index (χ2v) is 11.3. The number of benzene rings is 2. The van der Waals surface area contributed by atoms with E-state index in [4.69, 9.17) is 46.4 Å². The molecule has 0 bridgehead atoms. The third kappa shape index (κ3) is 7.29. The van der Waals surface area contributed by atoms with Crippen molar-refractivity contribution < 1.29 is 39.4 Å². The minimum atomic E-state index is -2.53. The average Bonchev–Trinajstić information content (AvgIpc) is 3.43. The van der Waals surface area contributed by atoms with Crippen LogP contribution in [-0.2, 0) is 0 Å². The summed E-state index contributed by atoms with van der Waals surface area (Å²) in [5.41, 5.74) is -1.24. The molecule has 10 nitrogen and oxygen atoms in total. The standard InChI is InChI=1S/C22H14Cl4N2O8P2.2C2H6/c23-12-7-13(19(31)10-3-1-8(37(33)34)5-14(10)29)28(22(12)26)18-16(24)21(25)27-17(18)20(32)11-4-2-9(38(35)36)6-15(11)30;2*1-2/h1-7,27,29-30,33-36H;2*1-2H3. The van der Waals surface area contributed by atoms with Crippen LogP contribution >= 0.6 is 63.2 Å². The molecule has 16 heteroatoms. The van der Waals surface area contributed by atoms with Crippen molar-refractivity contribution in [3.63, 3.8) is 0 Å². The number of hydrogen-bond donors (Lipinski definition) is 7. The van der Waals surface area contributed by atoms with E-state index >= 15 is 0 Å². The minimum absolute atomic E-state index is 0.00497. The van der Waals surface area contributed by atoms with E-state index in [2.05, 4.69) is 4.98 Å². The lowest BCUT2D eigenvalue weighted by Gasteiger charge is -2.13. The Morgan fingerprint density at radius 3 is 1.62 bits per heavy atom. The Hall–Kier alpha value is -2.20. The van der Waals surface area contributed by atoms with Crippen molar-refractivity contribution in [2.24, 2.45) is 0 Å². The lowest BCUT2D eigenvalue weighted by molar-refractivity contribution is 0.101. The fourth-order valence-electron chi connectivity index (χ4n) is 3.60. The number of phenols is 2. The topological polar surface area (TPSA) is 176 Å². The largest absolute Gasteiger partial charge is 0.507 e. The number of rotatable bonds is 7. The summed E-state index contributed by atoms with van der Waals surface area (Å²) in [4.78, 5) is 67.0. The molecule has 42 heavy (non-hydrogen) atoms. The molecule has 0 fully saturated rings. The van der Waals surface area contributed by atoms with Gasteiger partial charge in [0.2, 0.25) is 11.6 Å². The maximum absolute atomic E-state index is 13.5. The summed E-state index contributed by atoms with van der Waals surface area (Å²) < 4.78 is 1.04. The Morgan fingerprint density at radius 2 is 1.19 bits per heavy atom. The molecule has 2 aromatic carbocycles. The predicted molar refractivity (Wildman–Crippen MR) is 168 cm³/mol. The molecule has 4 aromatic rings. The maximum Gasteiger partial charge on any atom is 0.215 e. The Bertz CT molecular complexity index is 1490. The third-order valence-electron chi connectivity index (χ3n) is 5.37. The minimum Gasteiger partial charge on any atom is -0.507 e. The molecule has 226 valence electrons. The number of H-pyrrole nitrogens is 1. The Kier molecular flexibility index (Phi) is 13.3. The first kappa shape index (κ1) is 36.0. The van der Waals surface area contributed by atoms with Crippen LogP contribution in [0.1, 0.15) is 59.8 Å². The van der Waals surface area contributed by atoms with Crippen molar-refractivity contribution in [1.82, 2.24) is 9.55 Å². The first-order valence-corrected chi connectivity index (χ1v) is 16.1. The van der Waals surface area contributed by atoms with Crippen LogP contribution in [-0.4, -0.2) is 50.9 Å². The molecule has 0 aliphatic carbocycles. The lowest BCUT2D eigenvalue weighted by Crippen LogP contribution is -2.14. The highest BCUT2D eigenvalue weighted by Gasteiger charge is 2.31. The molecule has 0 saturated heterocycles. The molecule has 0 radical (unpaired) electrons. The molecule has 0 amide bonds. The quantitative estimate of drug-likeness (QED) is 0.0884. The second-order valence-electron chi connectivity index (χ2n) is 7.62. The summed E-state index contributed by atoms with van der Waals surface area (Å²) >= 11 is 25.2. The van der Waals surface area contributed by atoms with E-state index in [1.165, 1.54) is 24.3 Å². The van der Waals surface area contributed by atoms with E-state index in [-0.39, 0.29) is 59.2 Å². The van der Waals surface area contributed by atoms with Crippen LogP contribution in [0.25, 0.3) is 5.69 Å². The number of phenolic OH excluding ortho intramolecular Hbond substituents is 2. The molecule has 2 aromatic heterocycles. The predicted octanol–water partition coefficient (Wildman–Crippen LogP) is 6.19. The van der Waals surface area contributed by atoms with Gasteiger partial charge in [-0.2, -0.15) is 0 Å². The van der Waals surface area contributed by atoms with E-state index in [9.17, 15) is 39.4 Å². The summed E-state index contributed by atoms with van der Waals surface area (Å²) in [6, 6.07) is 8.00. The van der Waals surface area contributed by atoms with Crippen LogP contribution in [0.4, 0.5) is 0 Å². The van der Waals surface area contributed by atoms with Gasteiger partial charge in [0, 0.05) is 10.6 Å². The highest BCUT2D eigenvalue weighted by molar-refractivity contribution is 7.54. The van der Waals surface area contributed by atoms with Gasteiger partial charge in [0.1, 0.15) is 32.5 Å². The number of carbonyl (C=O) groups excluding carboxylic acids is 2. The Balaban J connectivity index is 0.00000148. The highest BCUT2D eigenvalue weighted by Crippen LogP contribution is 2.40. The highest BCUT2D eigenvalue weighted by atomic mass is 35.5. The molecule has 2 heterocycles. The number of aromatic amines is 1. The molecule has 4 rings (SSSR count). The second kappa shape index (κ2) is 15.5. The van der Waals surface area contributed by atoms with E-state index < -0.39 is 39.8 Å². The first-order valence-electron chi connectivity index (χ1n) is 12.1. The number of hydrogen-bond acceptors (Lipinski definition) is 8. The summed E-state index contributed by atoms with van der Waals surface area (Å²) in [6.07, 6.45) is 0. The van der Waals surface area contributed by atoms with Crippen LogP contribution in [0, 0.1) is 0 Å². The normalized spacial score (nSPS) is 10.7. The van der Waals surface area contributed by atoms with Crippen LogP contribution in [0.5, 0.6) is 11.5 Å². The zero-order valence-electron chi connectivity index (χ0n) is 22.4. The number of nitrogens with zero attached hydrogens (tertiary/aromatic N) is 1. The lowest BCUT2D eigenvalue weighted by atomic mass is 10.1. The van der Waals surface area contributed by atoms with Crippen molar-refractivity contribution in [2.45, 2.75) is 27.7 Å². The number of carbonyl (C=O) groups is 2. The fourth-order valence-corrected chi connectivity index (χ4v) is 5.32. The molecule has 0 atom stereocenters. The van der Waals surface area contributed by atoms with E-state index in [1.807, 2.05) is 27.7 Å². The summed E-state index contributed by atoms with van der Waals surface area (Å²) in [5, 5.41) is 19.9. The molecule has 0 spiro atoms. The van der Waals surface area contributed by atoms with Gasteiger partial charge in [0.25, 0.3) is 0 Å². The van der Waals surface area contributed by atoms with E-state index in [0.29, 0.717) is 0 Å². The Labute approximate surface area is 263 Å². The molecule has 0 saturated carbocycles. The molecular weight excluding hydrogens is 672 g/mol. The molecule has 0 unspecified atom stereocenters. The fraction of sp³-hybridized carbons (Fsp3) is 0.154. The van der Waals surface area contributed by atoms with Crippen molar-refractivity contribution in [2.75, 3.05) is 0 Å². The van der Waals surface area contributed by atoms with Crippen molar-refractivity contribution >= 4 is 85.3 Å². The number of ketones is 2. The van der Waals surface area contributed by atoms with Gasteiger partial charge in [-0.1, -0.05) is 74.1 Å². The zero-order valence-corrected chi connectivity index (χ0v) is 27.2. The van der Waals surface area contributed by atoms with E-state index in [0.717, 1.165) is 22.8 Å². The van der Waals surface area contributed by atoms with Crippen molar-refractivity contribution in [1.29, 1.82) is 0 Å². The van der Waals surface area contributed by atoms with Crippen LogP contribution in [0.15, 0.2) is 42.5 Å². The van der Waals surface area contributed by atoms with Crippen LogP contribution < -0.4 is 10.6 Å². The Morgan fingerprint density at radius 1 is 0.738 bits per heavy atom. The van der Waals surface area contributed by atoms with Gasteiger partial charge in [0.15, 0.2) is 16.8 Å². The smallest absolute Gasteiger partial charge is 0.215 e. The third-order valence-corrected chi connectivity index (χ3v) is 8.35. The molecule has 0 aliphatic rings. The van der Waals surface area contributed by atoms with Crippen LogP contribution in [0.3, 0.4) is 0 Å². The monoisotopic (exact) mass is 696 g/mol. The zero-order chi connectivity index (χ0) is 32.0. The SMILES string of the molecule is CC.CC.O=C(c1ccc(P(O)O)cc1O)c1[nH]c(Cl)c(Cl)c1-n1c(C(=O)c2ccc(P(O)O)cc2O)cc(Cl)c1Cl. The average molecular weight is 698 g/mol. The summed E-state index contributed by atoms with van der Waals surface area (Å²) in [7, 11) is -5.05. The van der Waals surface area contributed by atoms with E-state index in [1.54, 1.807) is 0 Å². The van der Waals surface area contributed by atoms with Crippen molar-refractivity contribution in [3.8, 4) is 17.2 Å². The van der Waals surface area contributed by atoms with Gasteiger partial charge in [-0.15, -0.1) is 0 Å². The van der Waals surface area contributed by atoms with Gasteiger partial charge >= 0.3 is 0 Å². The van der Waals surface area contributed by atoms with Gasteiger partial charge in [0.05, 0.1) is 27.5 Å². The van der Waals surface area contributed by atoms with Gasteiger partial charge < -0.3 is 34.8 Å². The first-order chi connectivity index (χ1) is 19.8. The molecule has 7 N–H and O–H groups in total. The maximum atomic E-state index is 13.5. The molecule has 0 aliphatic heterocycles. The number of nitrogens with one attached hydrogen (secondary N) is 1. The summed E-state index contributed by atoms with van der Waals surface area (Å²) in [6.45, 7) is 8.00. The summed E-state index contributed by atoms with van der Waals surface area (Å²) in [5.74, 6) is -2.79. The van der Waals surface area contributed by atoms with Crippen molar-refractivity contribution in [3.05, 3.63) is 85.3 Å².